The van der Waals surface area contributed by atoms with Gasteiger partial charge >= 0.3 is 5.97 Å². The largest absolute Gasteiger partial charge is 0.481 e. The maximum Gasteiger partial charge on any atom is 0.307 e. The van der Waals surface area contributed by atoms with Gasteiger partial charge in [0.05, 0.1) is 10.8 Å². The molecule has 8 heteroatoms. The predicted octanol–water partition coefficient (Wildman–Crippen LogP) is 3.73. The maximum absolute atomic E-state index is 13.7. The number of carboxylic acids is 1. The molecule has 0 aromatic heterocycles. The van der Waals surface area contributed by atoms with Crippen molar-refractivity contribution >= 4 is 27.6 Å². The van der Waals surface area contributed by atoms with E-state index in [1.807, 2.05) is 39.0 Å². The number of fused-ring (bicyclic) bond motifs is 1. The van der Waals surface area contributed by atoms with Gasteiger partial charge in [0.2, 0.25) is 10.0 Å². The second kappa shape index (κ2) is 8.78. The molecule has 0 saturated carbocycles. The lowest BCUT2D eigenvalue weighted by molar-refractivity contribution is -0.141. The van der Waals surface area contributed by atoms with E-state index < -0.39 is 21.9 Å². The van der Waals surface area contributed by atoms with Crippen molar-refractivity contribution in [2.45, 2.75) is 57.1 Å². The molecule has 6 nitrogen and oxygen atoms in total. The van der Waals surface area contributed by atoms with Gasteiger partial charge in [-0.2, -0.15) is 4.31 Å². The van der Waals surface area contributed by atoms with Crippen molar-refractivity contribution < 1.29 is 18.3 Å². The fraction of sp³-hybridized carbons (Fsp3) is 0.458. The number of carboxylic acid groups (broad SMARTS) is 1. The normalized spacial score (nSPS) is 24.4. The number of piperazine rings is 1. The zero-order valence-corrected chi connectivity index (χ0v) is 20.2. The van der Waals surface area contributed by atoms with Gasteiger partial charge in [-0.15, -0.1) is 0 Å². The molecule has 1 unspecified atom stereocenters. The Labute approximate surface area is 194 Å². The number of nitrogens with zero attached hydrogens (tertiary/aromatic N) is 2. The van der Waals surface area contributed by atoms with Crippen LogP contribution in [0.25, 0.3) is 0 Å². The Bertz CT molecular complexity index is 1140. The van der Waals surface area contributed by atoms with E-state index in [9.17, 15) is 18.3 Å². The molecule has 3 atom stereocenters. The molecule has 1 fully saturated rings. The Balaban J connectivity index is 1.56. The van der Waals surface area contributed by atoms with Crippen molar-refractivity contribution in [1.29, 1.82) is 0 Å². The number of sulfonamides is 1. The average Bonchev–Trinajstić information content (AvgIpc) is 3.14. The highest BCUT2D eigenvalue weighted by Crippen LogP contribution is 2.35. The van der Waals surface area contributed by atoms with E-state index >= 15 is 0 Å². The average molecular weight is 477 g/mol. The van der Waals surface area contributed by atoms with Crippen LogP contribution in [0.5, 0.6) is 0 Å². The van der Waals surface area contributed by atoms with Crippen molar-refractivity contribution in [1.82, 2.24) is 9.21 Å². The van der Waals surface area contributed by atoms with Gasteiger partial charge in [-0.3, -0.25) is 9.69 Å². The highest BCUT2D eigenvalue weighted by Gasteiger charge is 2.41. The summed E-state index contributed by atoms with van der Waals surface area (Å²) in [6, 6.07) is 10.8. The molecule has 1 aliphatic heterocycles. The molecular weight excluding hydrogens is 448 g/mol. The standard InChI is InChI=1S/C24H29ClN2O4S/c1-15-7-8-18(9-22(15)25)14-26-12-16(2)27(17(3)13-26)32(30,31)23-6-4-5-19-10-20(24(28)29)11-21(19)23/h4-9,16-17,20H,10-14H2,1-3H3,(H,28,29)/t16-,17+,20?. The minimum absolute atomic E-state index is 0.211. The third-order valence-corrected chi connectivity index (χ3v) is 9.23. The van der Waals surface area contributed by atoms with Crippen LogP contribution in [0.4, 0.5) is 0 Å². The summed E-state index contributed by atoms with van der Waals surface area (Å²) in [5.74, 6) is -1.44. The van der Waals surface area contributed by atoms with E-state index in [-0.39, 0.29) is 23.4 Å². The monoisotopic (exact) mass is 476 g/mol. The lowest BCUT2D eigenvalue weighted by Crippen LogP contribution is -2.58. The first-order chi connectivity index (χ1) is 15.1. The van der Waals surface area contributed by atoms with Crippen LogP contribution in [-0.4, -0.2) is 53.9 Å². The zero-order valence-electron chi connectivity index (χ0n) is 18.6. The first-order valence-corrected chi connectivity index (χ1v) is 12.7. The number of aliphatic carboxylic acids is 1. The molecule has 32 heavy (non-hydrogen) atoms. The summed E-state index contributed by atoms with van der Waals surface area (Å²) in [5, 5.41) is 10.2. The van der Waals surface area contributed by atoms with E-state index in [2.05, 4.69) is 11.0 Å². The quantitative estimate of drug-likeness (QED) is 0.711. The summed E-state index contributed by atoms with van der Waals surface area (Å²) >= 11 is 6.27. The Hall–Kier alpha value is -1.93. The molecule has 2 aromatic rings. The fourth-order valence-electron chi connectivity index (χ4n) is 5.16. The molecule has 0 radical (unpaired) electrons. The number of hydrogen-bond donors (Lipinski definition) is 1. The van der Waals surface area contributed by atoms with Crippen LogP contribution in [0.15, 0.2) is 41.3 Å². The van der Waals surface area contributed by atoms with Crippen LogP contribution in [0.1, 0.15) is 36.1 Å². The molecule has 0 spiro atoms. The van der Waals surface area contributed by atoms with Crippen molar-refractivity contribution in [2.24, 2.45) is 5.92 Å². The molecule has 1 aliphatic carbocycles. The number of rotatable bonds is 5. The van der Waals surface area contributed by atoms with Gasteiger partial charge < -0.3 is 5.11 Å². The Kier molecular flexibility index (Phi) is 6.38. The second-order valence-corrected chi connectivity index (χ2v) is 11.4. The molecule has 172 valence electrons. The summed E-state index contributed by atoms with van der Waals surface area (Å²) < 4.78 is 29.1. The van der Waals surface area contributed by atoms with Crippen LogP contribution in [0.3, 0.4) is 0 Å². The van der Waals surface area contributed by atoms with Gasteiger partial charge in [0, 0.05) is 36.7 Å². The minimum atomic E-state index is -3.75. The number of carbonyl (C=O) groups is 1. The molecule has 4 rings (SSSR count). The van der Waals surface area contributed by atoms with Crippen LogP contribution < -0.4 is 0 Å². The summed E-state index contributed by atoms with van der Waals surface area (Å²) in [6.07, 6.45) is 0.642. The van der Waals surface area contributed by atoms with Crippen molar-refractivity contribution in [3.8, 4) is 0 Å². The van der Waals surface area contributed by atoms with E-state index in [1.165, 1.54) is 0 Å². The van der Waals surface area contributed by atoms with Crippen LogP contribution >= 0.6 is 11.6 Å². The van der Waals surface area contributed by atoms with Crippen molar-refractivity contribution in [2.75, 3.05) is 13.1 Å². The van der Waals surface area contributed by atoms with Crippen molar-refractivity contribution in [3.05, 3.63) is 63.7 Å². The van der Waals surface area contributed by atoms with Crippen LogP contribution in [0.2, 0.25) is 5.02 Å². The van der Waals surface area contributed by atoms with E-state index in [4.69, 9.17) is 11.6 Å². The van der Waals surface area contributed by atoms with Gasteiger partial charge in [0.15, 0.2) is 0 Å². The summed E-state index contributed by atoms with van der Waals surface area (Å²) in [4.78, 5) is 14.0. The molecular formula is C24H29ClN2O4S. The van der Waals surface area contributed by atoms with Crippen LogP contribution in [-0.2, 0) is 34.2 Å². The van der Waals surface area contributed by atoms with Gasteiger partial charge in [-0.25, -0.2) is 8.42 Å². The highest BCUT2D eigenvalue weighted by atomic mass is 35.5. The molecule has 0 amide bonds. The number of benzene rings is 2. The molecule has 2 aromatic carbocycles. The lowest BCUT2D eigenvalue weighted by Gasteiger charge is -2.43. The van der Waals surface area contributed by atoms with E-state index in [0.29, 0.717) is 31.6 Å². The van der Waals surface area contributed by atoms with Gasteiger partial charge in [-0.05, 0) is 68.0 Å². The highest BCUT2D eigenvalue weighted by molar-refractivity contribution is 7.89. The molecule has 2 aliphatic rings. The van der Waals surface area contributed by atoms with E-state index in [1.54, 1.807) is 16.4 Å². The number of aryl methyl sites for hydroxylation is 1. The zero-order chi connectivity index (χ0) is 23.2. The fourth-order valence-corrected chi connectivity index (χ4v) is 7.45. The Morgan fingerprint density at radius 1 is 1.12 bits per heavy atom. The molecule has 1 saturated heterocycles. The Morgan fingerprint density at radius 3 is 2.44 bits per heavy atom. The third-order valence-electron chi connectivity index (χ3n) is 6.61. The number of hydrogen-bond acceptors (Lipinski definition) is 4. The molecule has 1 heterocycles. The molecule has 0 bridgehead atoms. The van der Waals surface area contributed by atoms with Gasteiger partial charge in [-0.1, -0.05) is 35.9 Å². The third kappa shape index (κ3) is 4.31. The summed E-state index contributed by atoms with van der Waals surface area (Å²) in [6.45, 7) is 7.78. The summed E-state index contributed by atoms with van der Waals surface area (Å²) in [5.41, 5.74) is 3.63. The van der Waals surface area contributed by atoms with Gasteiger partial charge in [0.25, 0.3) is 0 Å². The topological polar surface area (TPSA) is 77.9 Å². The first-order valence-electron chi connectivity index (χ1n) is 10.9. The van der Waals surface area contributed by atoms with Crippen molar-refractivity contribution in [3.63, 3.8) is 0 Å². The smallest absolute Gasteiger partial charge is 0.307 e. The first kappa shape index (κ1) is 23.2. The molecule has 1 N–H and O–H groups in total. The Morgan fingerprint density at radius 2 is 1.81 bits per heavy atom. The maximum atomic E-state index is 13.7. The van der Waals surface area contributed by atoms with Gasteiger partial charge in [0.1, 0.15) is 0 Å². The SMILES string of the molecule is Cc1ccc(CN2C[C@@H](C)N(S(=O)(=O)c3cccc4c3CC(C(=O)O)C4)[C@@H](C)C2)cc1Cl. The summed E-state index contributed by atoms with van der Waals surface area (Å²) in [7, 11) is -3.75. The lowest BCUT2D eigenvalue weighted by atomic mass is 10.1. The van der Waals surface area contributed by atoms with E-state index in [0.717, 1.165) is 21.7 Å². The minimum Gasteiger partial charge on any atom is -0.481 e. The predicted molar refractivity (Wildman–Crippen MR) is 124 cm³/mol. The van der Waals surface area contributed by atoms with Crippen LogP contribution in [0, 0.1) is 12.8 Å². The number of halogens is 1. The second-order valence-electron chi connectivity index (χ2n) is 9.15.